The molecule has 0 amide bonds. The summed E-state index contributed by atoms with van der Waals surface area (Å²) in [4.78, 5) is 0. The fourth-order valence-electron chi connectivity index (χ4n) is 0.303. The molecule has 0 aliphatic heterocycles. The van der Waals surface area contributed by atoms with Gasteiger partial charge in [0.25, 0.3) is 0 Å². The van der Waals surface area contributed by atoms with Crippen LogP contribution in [0.3, 0.4) is 0 Å². The molecule has 2 heteroatoms. The van der Waals surface area contributed by atoms with Crippen molar-refractivity contribution in [1.82, 2.24) is 0 Å². The van der Waals surface area contributed by atoms with Gasteiger partial charge in [-0.05, 0) is 13.8 Å². The van der Waals surface area contributed by atoms with E-state index in [1.165, 1.54) is 0 Å². The van der Waals surface area contributed by atoms with E-state index >= 15 is 0 Å². The fourth-order valence-corrected chi connectivity index (χ4v) is 0.303. The van der Waals surface area contributed by atoms with Crippen molar-refractivity contribution in [3.05, 3.63) is 0 Å². The molecular weight excluding hydrogens is 92.1 g/mol. The van der Waals surface area contributed by atoms with Crippen LogP contribution in [-0.2, 0) is 9.47 Å². The molecule has 2 nitrogen and oxygen atoms in total. The first-order valence-corrected chi connectivity index (χ1v) is 2.45. The number of hydrogen-bond donors (Lipinski definition) is 0. The molecule has 0 aliphatic carbocycles. The highest BCUT2D eigenvalue weighted by molar-refractivity contribution is 4.22. The van der Waals surface area contributed by atoms with Crippen LogP contribution in [0.4, 0.5) is 0 Å². The molecule has 0 rings (SSSR count). The average Bonchev–Trinajstić information content (AvgIpc) is 1.68. The standard InChI is InChI=1S/C5H12O2/c1-4-7-5(2)6-3/h5H,4H2,1-3H3. The van der Waals surface area contributed by atoms with E-state index in [0.717, 1.165) is 6.61 Å². The molecule has 0 aliphatic rings. The van der Waals surface area contributed by atoms with Gasteiger partial charge in [0.2, 0.25) is 0 Å². The molecule has 1 unspecified atom stereocenters. The zero-order valence-electron chi connectivity index (χ0n) is 5.10. The molecule has 0 fully saturated rings. The quantitative estimate of drug-likeness (QED) is 0.497. The van der Waals surface area contributed by atoms with E-state index in [4.69, 9.17) is 9.47 Å². The number of ether oxygens (including phenoxy) is 2. The van der Waals surface area contributed by atoms with E-state index in [-0.39, 0.29) is 6.29 Å². The second-order valence-corrected chi connectivity index (χ2v) is 1.26. The average molecular weight is 104 g/mol. The lowest BCUT2D eigenvalue weighted by Crippen LogP contribution is -2.08. The zero-order chi connectivity index (χ0) is 5.70. The van der Waals surface area contributed by atoms with Crippen LogP contribution < -0.4 is 0 Å². The number of hydrogen-bond acceptors (Lipinski definition) is 2. The lowest BCUT2D eigenvalue weighted by atomic mass is 10.7. The van der Waals surface area contributed by atoms with Gasteiger partial charge < -0.3 is 9.47 Å². The van der Waals surface area contributed by atoms with E-state index in [9.17, 15) is 0 Å². The first-order valence-electron chi connectivity index (χ1n) is 2.45. The summed E-state index contributed by atoms with van der Waals surface area (Å²) in [5, 5.41) is 0. The molecule has 0 saturated heterocycles. The monoisotopic (exact) mass is 104 g/mol. The third-order valence-corrected chi connectivity index (χ3v) is 0.733. The Labute approximate surface area is 44.4 Å². The van der Waals surface area contributed by atoms with Gasteiger partial charge in [0.1, 0.15) is 0 Å². The minimum absolute atomic E-state index is 0.0509. The first kappa shape index (κ1) is 6.92. The minimum atomic E-state index is -0.0509. The van der Waals surface area contributed by atoms with Crippen LogP contribution in [0.1, 0.15) is 13.8 Å². The third-order valence-electron chi connectivity index (χ3n) is 0.733. The molecule has 0 heterocycles. The van der Waals surface area contributed by atoms with Gasteiger partial charge in [0.15, 0.2) is 6.29 Å². The minimum Gasteiger partial charge on any atom is -0.356 e. The van der Waals surface area contributed by atoms with Crippen LogP contribution in [0.2, 0.25) is 0 Å². The highest BCUT2D eigenvalue weighted by Gasteiger charge is 1.91. The smallest absolute Gasteiger partial charge is 0.154 e. The fraction of sp³-hybridized carbons (Fsp3) is 1.00. The highest BCUT2D eigenvalue weighted by Crippen LogP contribution is 1.87. The molecule has 0 aromatic rings. The van der Waals surface area contributed by atoms with Gasteiger partial charge in [-0.25, -0.2) is 0 Å². The van der Waals surface area contributed by atoms with Crippen LogP contribution >= 0.6 is 0 Å². The maximum Gasteiger partial charge on any atom is 0.154 e. The molecule has 0 radical (unpaired) electrons. The van der Waals surface area contributed by atoms with Crippen LogP contribution in [0.5, 0.6) is 0 Å². The Morgan fingerprint density at radius 2 is 2.14 bits per heavy atom. The van der Waals surface area contributed by atoms with Gasteiger partial charge in [-0.3, -0.25) is 0 Å². The maximum atomic E-state index is 4.97. The Kier molecular flexibility index (Phi) is 4.04. The van der Waals surface area contributed by atoms with Crippen molar-refractivity contribution in [2.24, 2.45) is 0 Å². The van der Waals surface area contributed by atoms with Crippen LogP contribution in [0.15, 0.2) is 0 Å². The molecule has 1 atom stereocenters. The summed E-state index contributed by atoms with van der Waals surface area (Å²) < 4.78 is 9.74. The Morgan fingerprint density at radius 1 is 1.57 bits per heavy atom. The molecule has 0 spiro atoms. The lowest BCUT2D eigenvalue weighted by Gasteiger charge is -2.06. The molecule has 0 bridgehead atoms. The van der Waals surface area contributed by atoms with Gasteiger partial charge in [0.05, 0.1) is 0 Å². The predicted molar refractivity (Wildman–Crippen MR) is 28.1 cm³/mol. The zero-order valence-corrected chi connectivity index (χ0v) is 5.10. The van der Waals surface area contributed by atoms with Crippen LogP contribution in [0.25, 0.3) is 0 Å². The highest BCUT2D eigenvalue weighted by atomic mass is 16.7. The van der Waals surface area contributed by atoms with Gasteiger partial charge in [-0.2, -0.15) is 0 Å². The van der Waals surface area contributed by atoms with Crippen LogP contribution in [0, 0.1) is 0 Å². The Hall–Kier alpha value is -0.0800. The number of rotatable bonds is 3. The van der Waals surface area contributed by atoms with Gasteiger partial charge in [-0.15, -0.1) is 0 Å². The summed E-state index contributed by atoms with van der Waals surface area (Å²) >= 11 is 0. The summed E-state index contributed by atoms with van der Waals surface area (Å²) in [5.41, 5.74) is 0. The van der Waals surface area contributed by atoms with Crippen molar-refractivity contribution in [2.75, 3.05) is 13.7 Å². The molecule has 0 aromatic carbocycles. The van der Waals surface area contributed by atoms with Crippen molar-refractivity contribution in [1.29, 1.82) is 0 Å². The second-order valence-electron chi connectivity index (χ2n) is 1.26. The third kappa shape index (κ3) is 3.76. The Bertz CT molecular complexity index is 37.1. The SMILES string of the molecule is CCOC(C)OC. The molecule has 44 valence electrons. The first-order chi connectivity index (χ1) is 3.31. The second kappa shape index (κ2) is 4.09. The summed E-state index contributed by atoms with van der Waals surface area (Å²) in [6, 6.07) is 0. The van der Waals surface area contributed by atoms with E-state index in [1.807, 2.05) is 13.8 Å². The summed E-state index contributed by atoms with van der Waals surface area (Å²) in [5.74, 6) is 0. The molecule has 7 heavy (non-hydrogen) atoms. The van der Waals surface area contributed by atoms with E-state index in [1.54, 1.807) is 7.11 Å². The number of methoxy groups -OCH3 is 1. The maximum absolute atomic E-state index is 4.97. The van der Waals surface area contributed by atoms with Crippen molar-refractivity contribution in [3.8, 4) is 0 Å². The van der Waals surface area contributed by atoms with Crippen molar-refractivity contribution in [3.63, 3.8) is 0 Å². The van der Waals surface area contributed by atoms with Gasteiger partial charge >= 0.3 is 0 Å². The summed E-state index contributed by atoms with van der Waals surface area (Å²) in [6.45, 7) is 4.52. The normalized spacial score (nSPS) is 14.1. The Morgan fingerprint density at radius 3 is 2.29 bits per heavy atom. The van der Waals surface area contributed by atoms with Crippen molar-refractivity contribution in [2.45, 2.75) is 20.1 Å². The largest absolute Gasteiger partial charge is 0.356 e. The van der Waals surface area contributed by atoms with E-state index < -0.39 is 0 Å². The van der Waals surface area contributed by atoms with E-state index in [2.05, 4.69) is 0 Å². The summed E-state index contributed by atoms with van der Waals surface area (Å²) in [6.07, 6.45) is -0.0509. The predicted octanol–water partition coefficient (Wildman–Crippen LogP) is 1.02. The summed E-state index contributed by atoms with van der Waals surface area (Å²) in [7, 11) is 1.63. The molecular formula is C5H12O2. The molecule has 0 N–H and O–H groups in total. The van der Waals surface area contributed by atoms with Crippen molar-refractivity contribution < 1.29 is 9.47 Å². The van der Waals surface area contributed by atoms with Gasteiger partial charge in [0, 0.05) is 13.7 Å². The van der Waals surface area contributed by atoms with Gasteiger partial charge in [-0.1, -0.05) is 0 Å². The van der Waals surface area contributed by atoms with Crippen molar-refractivity contribution >= 4 is 0 Å². The molecule has 0 saturated carbocycles. The molecule has 0 aromatic heterocycles. The van der Waals surface area contributed by atoms with Crippen LogP contribution in [-0.4, -0.2) is 20.0 Å². The Balaban J connectivity index is 2.83. The van der Waals surface area contributed by atoms with E-state index in [0.29, 0.717) is 0 Å². The topological polar surface area (TPSA) is 18.5 Å². The lowest BCUT2D eigenvalue weighted by molar-refractivity contribution is -0.106.